The molecule has 4 rings (SSSR count). The Labute approximate surface area is 188 Å². The average Bonchev–Trinajstić information content (AvgIpc) is 2.81. The maximum Gasteiger partial charge on any atom is 0.336 e. The average molecular weight is 429 g/mol. The normalized spacial score (nSPS) is 14.8. The van der Waals surface area contributed by atoms with Crippen molar-refractivity contribution in [2.75, 3.05) is 13.1 Å². The highest BCUT2D eigenvalue weighted by atomic mass is 16.4. The van der Waals surface area contributed by atoms with Gasteiger partial charge in [0.05, 0.1) is 5.56 Å². The minimum absolute atomic E-state index is 0.111. The van der Waals surface area contributed by atoms with Crippen LogP contribution in [0.5, 0.6) is 0 Å². The molecule has 0 saturated carbocycles. The van der Waals surface area contributed by atoms with Gasteiger partial charge in [0, 0.05) is 31.2 Å². The summed E-state index contributed by atoms with van der Waals surface area (Å²) in [4.78, 5) is 27.0. The van der Waals surface area contributed by atoms with E-state index in [1.54, 1.807) is 24.3 Å². The fraction of sp³-hybridized carbons (Fsp3) is 0.259. The van der Waals surface area contributed by atoms with Crippen LogP contribution in [0.4, 0.5) is 0 Å². The molecule has 32 heavy (non-hydrogen) atoms. The number of carboxylic acid groups (broad SMARTS) is 1. The van der Waals surface area contributed by atoms with Gasteiger partial charge in [-0.2, -0.15) is 0 Å². The van der Waals surface area contributed by atoms with Crippen LogP contribution >= 0.6 is 0 Å². The molecular formula is C27H28N2O3. The van der Waals surface area contributed by atoms with E-state index in [1.807, 2.05) is 31.2 Å². The molecule has 0 unspecified atom stereocenters. The lowest BCUT2D eigenvalue weighted by molar-refractivity contribution is 0.0697. The standard InChI is InChI=1S/C27H28N2O3/c1-19-11-12-21(17-25(19)23-9-5-6-10-24(23)27(31)32)26(30)28-22-13-15-29(16-14-22)18-20-7-3-2-4-8-20/h2-12,17,22H,13-16,18H2,1H3,(H,28,30)(H,31,32). The van der Waals surface area contributed by atoms with Gasteiger partial charge in [-0.3, -0.25) is 9.69 Å². The van der Waals surface area contributed by atoms with Crippen LogP contribution in [0.15, 0.2) is 72.8 Å². The van der Waals surface area contributed by atoms with Gasteiger partial charge < -0.3 is 10.4 Å². The lowest BCUT2D eigenvalue weighted by atomic mass is 9.94. The summed E-state index contributed by atoms with van der Waals surface area (Å²) in [6, 6.07) is 23.0. The highest BCUT2D eigenvalue weighted by molar-refractivity contribution is 5.99. The molecule has 5 nitrogen and oxygen atoms in total. The van der Waals surface area contributed by atoms with Crippen molar-refractivity contribution in [3.05, 3.63) is 95.1 Å². The first kappa shape index (κ1) is 21.8. The van der Waals surface area contributed by atoms with Gasteiger partial charge in [-0.1, -0.05) is 54.6 Å². The van der Waals surface area contributed by atoms with Crippen LogP contribution in [0.2, 0.25) is 0 Å². The minimum atomic E-state index is -0.975. The minimum Gasteiger partial charge on any atom is -0.478 e. The molecule has 1 aliphatic heterocycles. The summed E-state index contributed by atoms with van der Waals surface area (Å²) in [6.07, 6.45) is 1.83. The zero-order valence-electron chi connectivity index (χ0n) is 18.3. The van der Waals surface area contributed by atoms with Crippen LogP contribution in [0.1, 0.15) is 44.7 Å². The third-order valence-electron chi connectivity index (χ3n) is 6.12. The molecule has 1 aliphatic rings. The summed E-state index contributed by atoms with van der Waals surface area (Å²) < 4.78 is 0. The number of benzene rings is 3. The van der Waals surface area contributed by atoms with Crippen molar-refractivity contribution in [1.29, 1.82) is 0 Å². The number of hydrogen-bond donors (Lipinski definition) is 2. The molecule has 0 bridgehead atoms. The maximum atomic E-state index is 13.0. The van der Waals surface area contributed by atoms with E-state index in [4.69, 9.17) is 0 Å². The van der Waals surface area contributed by atoms with E-state index in [2.05, 4.69) is 34.5 Å². The second-order valence-corrected chi connectivity index (χ2v) is 8.39. The lowest BCUT2D eigenvalue weighted by Gasteiger charge is -2.32. The van der Waals surface area contributed by atoms with Crippen molar-refractivity contribution in [2.45, 2.75) is 32.4 Å². The first-order valence-corrected chi connectivity index (χ1v) is 11.0. The largest absolute Gasteiger partial charge is 0.478 e. The van der Waals surface area contributed by atoms with Crippen LogP contribution in [0.3, 0.4) is 0 Å². The van der Waals surface area contributed by atoms with Crippen molar-refractivity contribution < 1.29 is 14.7 Å². The third kappa shape index (κ3) is 5.06. The number of rotatable bonds is 6. The maximum absolute atomic E-state index is 13.0. The Balaban J connectivity index is 1.42. The molecule has 3 aromatic carbocycles. The summed E-state index contributed by atoms with van der Waals surface area (Å²) in [5, 5.41) is 12.7. The topological polar surface area (TPSA) is 69.6 Å². The molecule has 5 heteroatoms. The summed E-state index contributed by atoms with van der Waals surface area (Å²) in [7, 11) is 0. The Morgan fingerprint density at radius 3 is 2.34 bits per heavy atom. The van der Waals surface area contributed by atoms with Crippen LogP contribution in [-0.4, -0.2) is 41.0 Å². The van der Waals surface area contributed by atoms with Gasteiger partial charge >= 0.3 is 5.97 Å². The number of hydrogen-bond acceptors (Lipinski definition) is 3. The number of likely N-dealkylation sites (tertiary alicyclic amines) is 1. The zero-order valence-corrected chi connectivity index (χ0v) is 18.3. The van der Waals surface area contributed by atoms with Gasteiger partial charge in [0.25, 0.3) is 5.91 Å². The first-order valence-electron chi connectivity index (χ1n) is 11.0. The Hall–Kier alpha value is -3.44. The number of piperidine rings is 1. The second kappa shape index (κ2) is 9.79. The molecule has 0 atom stereocenters. The van der Waals surface area contributed by atoms with Crippen LogP contribution in [-0.2, 0) is 6.54 Å². The third-order valence-corrected chi connectivity index (χ3v) is 6.12. The molecular weight excluding hydrogens is 400 g/mol. The molecule has 1 fully saturated rings. The number of carbonyl (C=O) groups is 2. The van der Waals surface area contributed by atoms with E-state index >= 15 is 0 Å². The van der Waals surface area contributed by atoms with E-state index in [0.717, 1.165) is 43.6 Å². The van der Waals surface area contributed by atoms with Crippen molar-refractivity contribution >= 4 is 11.9 Å². The molecule has 0 radical (unpaired) electrons. The molecule has 3 aromatic rings. The van der Waals surface area contributed by atoms with Crippen molar-refractivity contribution in [1.82, 2.24) is 10.2 Å². The molecule has 1 saturated heterocycles. The second-order valence-electron chi connectivity index (χ2n) is 8.39. The SMILES string of the molecule is Cc1ccc(C(=O)NC2CCN(Cc3ccccc3)CC2)cc1-c1ccccc1C(=O)O. The first-order chi connectivity index (χ1) is 15.5. The molecule has 1 heterocycles. The number of aromatic carboxylic acids is 1. The molecule has 2 N–H and O–H groups in total. The van der Waals surface area contributed by atoms with Crippen molar-refractivity contribution in [2.24, 2.45) is 0 Å². The van der Waals surface area contributed by atoms with Gasteiger partial charge in [0.1, 0.15) is 0 Å². The van der Waals surface area contributed by atoms with Gasteiger partial charge in [0.2, 0.25) is 0 Å². The molecule has 1 amide bonds. The Morgan fingerprint density at radius 1 is 0.938 bits per heavy atom. The number of nitrogens with one attached hydrogen (secondary N) is 1. The zero-order chi connectivity index (χ0) is 22.5. The number of carboxylic acids is 1. The Morgan fingerprint density at radius 2 is 1.62 bits per heavy atom. The van der Waals surface area contributed by atoms with E-state index in [9.17, 15) is 14.7 Å². The summed E-state index contributed by atoms with van der Waals surface area (Å²) in [5.74, 6) is -1.09. The predicted octanol–water partition coefficient (Wildman–Crippen LogP) is 4.75. The van der Waals surface area contributed by atoms with Gasteiger partial charge in [-0.05, 0) is 60.2 Å². The van der Waals surface area contributed by atoms with E-state index in [0.29, 0.717) is 11.1 Å². The Bertz CT molecular complexity index is 1100. The van der Waals surface area contributed by atoms with Crippen LogP contribution in [0, 0.1) is 6.92 Å². The molecule has 0 spiro atoms. The highest BCUT2D eigenvalue weighted by Gasteiger charge is 2.22. The molecule has 0 aliphatic carbocycles. The fourth-order valence-electron chi connectivity index (χ4n) is 4.30. The highest BCUT2D eigenvalue weighted by Crippen LogP contribution is 2.28. The van der Waals surface area contributed by atoms with Crippen molar-refractivity contribution in [3.63, 3.8) is 0 Å². The van der Waals surface area contributed by atoms with Crippen LogP contribution in [0.25, 0.3) is 11.1 Å². The van der Waals surface area contributed by atoms with Gasteiger partial charge in [-0.15, -0.1) is 0 Å². The molecule has 164 valence electrons. The summed E-state index contributed by atoms with van der Waals surface area (Å²) >= 11 is 0. The summed E-state index contributed by atoms with van der Waals surface area (Å²) in [5.41, 5.74) is 4.43. The molecule has 0 aromatic heterocycles. The van der Waals surface area contributed by atoms with E-state index < -0.39 is 5.97 Å². The lowest BCUT2D eigenvalue weighted by Crippen LogP contribution is -2.44. The Kier molecular flexibility index (Phi) is 6.66. The fourth-order valence-corrected chi connectivity index (χ4v) is 4.30. The number of carbonyl (C=O) groups excluding carboxylic acids is 1. The quantitative estimate of drug-likeness (QED) is 0.594. The number of amides is 1. The summed E-state index contributed by atoms with van der Waals surface area (Å²) in [6.45, 7) is 4.76. The monoisotopic (exact) mass is 428 g/mol. The van der Waals surface area contributed by atoms with E-state index in [-0.39, 0.29) is 17.5 Å². The smallest absolute Gasteiger partial charge is 0.336 e. The van der Waals surface area contributed by atoms with Gasteiger partial charge in [-0.25, -0.2) is 4.79 Å². The van der Waals surface area contributed by atoms with Crippen LogP contribution < -0.4 is 5.32 Å². The number of nitrogens with zero attached hydrogens (tertiary/aromatic N) is 1. The van der Waals surface area contributed by atoms with Crippen molar-refractivity contribution in [3.8, 4) is 11.1 Å². The predicted molar refractivity (Wildman–Crippen MR) is 126 cm³/mol. The number of aryl methyl sites for hydroxylation is 1. The van der Waals surface area contributed by atoms with Gasteiger partial charge in [0.15, 0.2) is 0 Å². The van der Waals surface area contributed by atoms with E-state index in [1.165, 1.54) is 5.56 Å².